The lowest BCUT2D eigenvalue weighted by Crippen LogP contribution is -2.07. The summed E-state index contributed by atoms with van der Waals surface area (Å²) in [7, 11) is 0. The molecule has 0 heterocycles. The van der Waals surface area contributed by atoms with Crippen molar-refractivity contribution in [1.82, 2.24) is 0 Å². The molecule has 1 nitrogen and oxygen atoms in total. The highest BCUT2D eigenvalue weighted by atomic mass is 79.9. The summed E-state index contributed by atoms with van der Waals surface area (Å²) in [5.74, 6) is 0.433. The number of hydrogen-bond donors (Lipinski definition) is 0. The molecule has 0 saturated carbocycles. The summed E-state index contributed by atoms with van der Waals surface area (Å²) < 4.78 is 0. The molecule has 0 aromatic carbocycles. The molecule has 0 aliphatic rings. The van der Waals surface area contributed by atoms with Crippen LogP contribution in [0.4, 0.5) is 0 Å². The zero-order valence-corrected chi connectivity index (χ0v) is 13.6. The average Bonchev–Trinajstić information content (AvgIpc) is 2.32. The summed E-state index contributed by atoms with van der Waals surface area (Å²) >= 11 is 3.57. The number of alkyl halides is 1. The highest BCUT2D eigenvalue weighted by Crippen LogP contribution is 2.15. The second-order valence-electron chi connectivity index (χ2n) is 5.21. The number of halogens is 1. The van der Waals surface area contributed by atoms with Gasteiger partial charge in [0.1, 0.15) is 5.78 Å². The van der Waals surface area contributed by atoms with E-state index in [4.69, 9.17) is 0 Å². The second-order valence-corrected chi connectivity index (χ2v) is 6.50. The van der Waals surface area contributed by atoms with Crippen LogP contribution < -0.4 is 0 Å². The lowest BCUT2D eigenvalue weighted by Gasteiger charge is -2.07. The van der Waals surface area contributed by atoms with E-state index >= 15 is 0 Å². The third-order valence-electron chi connectivity index (χ3n) is 3.26. The molecule has 0 amide bonds. The molecule has 0 fully saturated rings. The first-order valence-electron chi connectivity index (χ1n) is 7.65. The SMILES string of the molecule is [CH2]CCCCCCCCCC(=O)CC(Br)CCC. The van der Waals surface area contributed by atoms with Crippen LogP contribution in [0, 0.1) is 6.92 Å². The van der Waals surface area contributed by atoms with E-state index in [2.05, 4.69) is 29.8 Å². The Kier molecular flexibility index (Phi) is 13.7. The molecule has 2 heteroatoms. The molecular weight excluding hydrogens is 288 g/mol. The second kappa shape index (κ2) is 13.6. The zero-order chi connectivity index (χ0) is 13.6. The molecule has 0 aliphatic heterocycles. The van der Waals surface area contributed by atoms with Gasteiger partial charge < -0.3 is 0 Å². The first-order chi connectivity index (χ1) is 8.70. The Hall–Kier alpha value is 0.150. The summed E-state index contributed by atoms with van der Waals surface area (Å²) in [4.78, 5) is 12.1. The topological polar surface area (TPSA) is 17.1 Å². The van der Waals surface area contributed by atoms with Gasteiger partial charge in [0.15, 0.2) is 0 Å². The van der Waals surface area contributed by atoms with E-state index < -0.39 is 0 Å². The normalized spacial score (nSPS) is 12.6. The molecule has 0 aliphatic carbocycles. The first-order valence-corrected chi connectivity index (χ1v) is 8.57. The summed E-state index contributed by atoms with van der Waals surface area (Å²) in [6.07, 6.45) is 13.7. The van der Waals surface area contributed by atoms with Crippen LogP contribution in [0.3, 0.4) is 0 Å². The van der Waals surface area contributed by atoms with Crippen molar-refractivity contribution in [2.75, 3.05) is 0 Å². The molecule has 0 saturated heterocycles. The highest BCUT2D eigenvalue weighted by Gasteiger charge is 2.09. The van der Waals surface area contributed by atoms with Crippen molar-refractivity contribution < 1.29 is 4.79 Å². The maximum atomic E-state index is 11.7. The Balaban J connectivity index is 3.25. The van der Waals surface area contributed by atoms with E-state index in [0.717, 1.165) is 38.5 Å². The molecule has 107 valence electrons. The molecule has 0 spiro atoms. The molecule has 1 unspecified atom stereocenters. The summed E-state index contributed by atoms with van der Waals surface area (Å²) in [5, 5.41) is 0. The lowest BCUT2D eigenvalue weighted by molar-refractivity contribution is -0.119. The Morgan fingerprint density at radius 1 is 1.06 bits per heavy atom. The van der Waals surface area contributed by atoms with E-state index in [-0.39, 0.29) is 0 Å². The molecule has 0 aromatic rings. The average molecular weight is 318 g/mol. The Morgan fingerprint density at radius 2 is 1.61 bits per heavy atom. The fraction of sp³-hybridized carbons (Fsp3) is 0.875. The molecule has 0 rings (SSSR count). The van der Waals surface area contributed by atoms with Gasteiger partial charge >= 0.3 is 0 Å². The maximum Gasteiger partial charge on any atom is 0.134 e. The molecule has 0 N–H and O–H groups in total. The number of rotatable bonds is 13. The van der Waals surface area contributed by atoms with Crippen molar-refractivity contribution in [3.8, 4) is 0 Å². The van der Waals surface area contributed by atoms with Crippen molar-refractivity contribution in [2.45, 2.75) is 88.8 Å². The van der Waals surface area contributed by atoms with E-state index in [1.54, 1.807) is 0 Å². The largest absolute Gasteiger partial charge is 0.300 e. The van der Waals surface area contributed by atoms with Crippen LogP contribution in [0.2, 0.25) is 0 Å². The number of unbranched alkanes of at least 4 members (excludes halogenated alkanes) is 7. The van der Waals surface area contributed by atoms with Gasteiger partial charge in [0.2, 0.25) is 0 Å². The van der Waals surface area contributed by atoms with E-state index in [9.17, 15) is 4.79 Å². The Morgan fingerprint density at radius 3 is 2.17 bits per heavy atom. The van der Waals surface area contributed by atoms with Crippen molar-refractivity contribution in [3.63, 3.8) is 0 Å². The molecule has 0 aromatic heterocycles. The van der Waals surface area contributed by atoms with Crippen molar-refractivity contribution in [2.24, 2.45) is 0 Å². The zero-order valence-electron chi connectivity index (χ0n) is 12.1. The fourth-order valence-corrected chi connectivity index (χ4v) is 2.97. The van der Waals surface area contributed by atoms with Crippen LogP contribution in [-0.4, -0.2) is 10.6 Å². The van der Waals surface area contributed by atoms with Crippen molar-refractivity contribution in [3.05, 3.63) is 6.92 Å². The minimum Gasteiger partial charge on any atom is -0.300 e. The predicted octanol–water partition coefficient (Wildman–Crippen LogP) is 5.85. The van der Waals surface area contributed by atoms with E-state index in [1.807, 2.05) is 0 Å². The summed E-state index contributed by atoms with van der Waals surface area (Å²) in [5.41, 5.74) is 0. The lowest BCUT2D eigenvalue weighted by atomic mass is 10.0. The predicted molar refractivity (Wildman–Crippen MR) is 84.2 cm³/mol. The number of carbonyl (C=O) groups is 1. The van der Waals surface area contributed by atoms with Gasteiger partial charge in [-0.05, 0) is 12.8 Å². The minimum absolute atomic E-state index is 0.401. The Bertz CT molecular complexity index is 192. The van der Waals surface area contributed by atoms with Gasteiger partial charge in [-0.3, -0.25) is 4.79 Å². The summed E-state index contributed by atoms with van der Waals surface area (Å²) in [6, 6.07) is 0. The van der Waals surface area contributed by atoms with Gasteiger partial charge in [-0.2, -0.15) is 0 Å². The summed E-state index contributed by atoms with van der Waals surface area (Å²) in [6.45, 7) is 6.01. The third-order valence-corrected chi connectivity index (χ3v) is 4.04. The first kappa shape index (κ1) is 18.1. The number of carbonyl (C=O) groups excluding carboxylic acids is 1. The van der Waals surface area contributed by atoms with Gasteiger partial charge in [0.25, 0.3) is 0 Å². The number of ketones is 1. The van der Waals surface area contributed by atoms with Crippen LogP contribution in [0.15, 0.2) is 0 Å². The van der Waals surface area contributed by atoms with E-state index in [1.165, 1.54) is 38.5 Å². The van der Waals surface area contributed by atoms with Crippen LogP contribution in [-0.2, 0) is 4.79 Å². The maximum absolute atomic E-state index is 11.7. The van der Waals surface area contributed by atoms with Crippen LogP contribution in [0.5, 0.6) is 0 Å². The molecule has 0 bridgehead atoms. The monoisotopic (exact) mass is 317 g/mol. The molecular formula is C16H30BrO. The van der Waals surface area contributed by atoms with Gasteiger partial charge in [-0.25, -0.2) is 0 Å². The van der Waals surface area contributed by atoms with Crippen molar-refractivity contribution in [1.29, 1.82) is 0 Å². The molecule has 18 heavy (non-hydrogen) atoms. The molecule has 1 radical (unpaired) electrons. The number of Topliss-reactive ketones (excluding diaryl/α,β-unsaturated/α-hetero) is 1. The van der Waals surface area contributed by atoms with Gasteiger partial charge in [-0.1, -0.05) is 81.1 Å². The standard InChI is InChI=1S/C16H30BrO/c1-3-5-6-7-8-9-10-11-13-16(18)14-15(17)12-4-2/h15H,1,3-14H2,2H3. The fourth-order valence-electron chi connectivity index (χ4n) is 2.15. The van der Waals surface area contributed by atoms with Crippen molar-refractivity contribution >= 4 is 21.7 Å². The van der Waals surface area contributed by atoms with Crippen LogP contribution in [0.25, 0.3) is 0 Å². The van der Waals surface area contributed by atoms with Crippen LogP contribution in [0.1, 0.15) is 84.0 Å². The molecule has 1 atom stereocenters. The van der Waals surface area contributed by atoms with Gasteiger partial charge in [0.05, 0.1) is 0 Å². The quantitative estimate of drug-likeness (QED) is 0.307. The Labute approximate surface area is 122 Å². The number of hydrogen-bond acceptors (Lipinski definition) is 1. The van der Waals surface area contributed by atoms with Gasteiger partial charge in [-0.15, -0.1) is 0 Å². The third kappa shape index (κ3) is 12.6. The van der Waals surface area contributed by atoms with E-state index in [0.29, 0.717) is 10.6 Å². The minimum atomic E-state index is 0.401. The smallest absolute Gasteiger partial charge is 0.134 e. The van der Waals surface area contributed by atoms with Gasteiger partial charge in [0, 0.05) is 17.7 Å². The van der Waals surface area contributed by atoms with Crippen LogP contribution >= 0.6 is 15.9 Å². The highest BCUT2D eigenvalue weighted by molar-refractivity contribution is 9.09.